The molecule has 7 heteroatoms. The van der Waals surface area contributed by atoms with E-state index < -0.39 is 16.8 Å². The van der Waals surface area contributed by atoms with E-state index >= 15 is 0 Å². The van der Waals surface area contributed by atoms with Crippen molar-refractivity contribution in [2.45, 2.75) is 12.8 Å². The first kappa shape index (κ1) is 12.6. The van der Waals surface area contributed by atoms with Crippen LogP contribution in [-0.2, 0) is 9.53 Å². The fourth-order valence-electron chi connectivity index (χ4n) is 1.24. The monoisotopic (exact) mass is 235 g/mol. The first-order valence-corrected chi connectivity index (χ1v) is 4.77. The zero-order valence-corrected chi connectivity index (χ0v) is 8.99. The van der Waals surface area contributed by atoms with Gasteiger partial charge in [-0.25, -0.2) is 0 Å². The Bertz CT molecular complexity index is 481. The van der Waals surface area contributed by atoms with Crippen LogP contribution in [0.4, 0.5) is 5.69 Å². The van der Waals surface area contributed by atoms with Crippen molar-refractivity contribution in [3.05, 3.63) is 34.1 Å². The summed E-state index contributed by atoms with van der Waals surface area (Å²) >= 11 is 0. The fraction of sp³-hybridized carbons (Fsp3) is 0.300. The van der Waals surface area contributed by atoms with Crippen LogP contribution in [-0.4, -0.2) is 22.5 Å². The molecule has 1 aromatic rings. The summed E-state index contributed by atoms with van der Waals surface area (Å²) in [5.41, 5.74) is -0.564. The third kappa shape index (κ3) is 2.75. The predicted octanol–water partition coefficient (Wildman–Crippen LogP) is 1.16. The Morgan fingerprint density at radius 3 is 3.00 bits per heavy atom. The number of nitrogens with zero attached hydrogens (tertiary/aromatic N) is 3. The molecular formula is C10H9N3O4. The van der Waals surface area contributed by atoms with Gasteiger partial charge in [-0.2, -0.15) is 5.26 Å². The van der Waals surface area contributed by atoms with E-state index in [1.807, 2.05) is 0 Å². The molecule has 0 bridgehead atoms. The van der Waals surface area contributed by atoms with Crippen LogP contribution in [0.5, 0.6) is 0 Å². The molecule has 0 aliphatic rings. The summed E-state index contributed by atoms with van der Waals surface area (Å²) in [7, 11) is 0. The number of ether oxygens (including phenoxy) is 1. The lowest BCUT2D eigenvalue weighted by molar-refractivity contribution is -0.386. The number of nitro groups is 1. The molecule has 0 amide bonds. The van der Waals surface area contributed by atoms with Gasteiger partial charge in [0.15, 0.2) is 5.92 Å². The van der Waals surface area contributed by atoms with Crippen molar-refractivity contribution < 1.29 is 14.5 Å². The van der Waals surface area contributed by atoms with Crippen LogP contribution in [0.3, 0.4) is 0 Å². The topological polar surface area (TPSA) is 106 Å². The first-order chi connectivity index (χ1) is 8.11. The highest BCUT2D eigenvalue weighted by atomic mass is 16.6. The molecule has 1 aromatic heterocycles. The van der Waals surface area contributed by atoms with Crippen LogP contribution < -0.4 is 0 Å². The van der Waals surface area contributed by atoms with Gasteiger partial charge in [-0.1, -0.05) is 0 Å². The number of carbonyl (C=O) groups is 1. The van der Waals surface area contributed by atoms with E-state index in [4.69, 9.17) is 5.26 Å². The quantitative estimate of drug-likeness (QED) is 0.440. The lowest BCUT2D eigenvalue weighted by Gasteiger charge is -2.07. The molecule has 0 N–H and O–H groups in total. The summed E-state index contributed by atoms with van der Waals surface area (Å²) in [5.74, 6) is -2.21. The highest BCUT2D eigenvalue weighted by Crippen LogP contribution is 2.24. The van der Waals surface area contributed by atoms with Crippen molar-refractivity contribution in [1.29, 1.82) is 5.26 Å². The molecule has 17 heavy (non-hydrogen) atoms. The lowest BCUT2D eigenvalue weighted by atomic mass is 10.1. The van der Waals surface area contributed by atoms with Crippen LogP contribution in [0, 0.1) is 21.4 Å². The molecule has 0 aliphatic carbocycles. The Morgan fingerprint density at radius 1 is 1.76 bits per heavy atom. The molecule has 1 rings (SSSR count). The summed E-state index contributed by atoms with van der Waals surface area (Å²) in [4.78, 5) is 25.2. The van der Waals surface area contributed by atoms with Gasteiger partial charge in [-0.15, -0.1) is 0 Å². The standard InChI is InChI=1S/C10H9N3O4/c1-2-17-10(14)7(6-11)9-8(13(15)16)4-3-5-12-9/h3-5,7H,2H2,1H3/t7-/m0/s1. The van der Waals surface area contributed by atoms with E-state index in [1.54, 1.807) is 13.0 Å². The van der Waals surface area contributed by atoms with Crippen LogP contribution in [0.1, 0.15) is 18.5 Å². The van der Waals surface area contributed by atoms with Crippen molar-refractivity contribution in [3.63, 3.8) is 0 Å². The summed E-state index contributed by atoms with van der Waals surface area (Å²) in [6.45, 7) is 1.68. The minimum absolute atomic E-state index is 0.0949. The highest BCUT2D eigenvalue weighted by molar-refractivity contribution is 5.82. The molecule has 0 aliphatic heterocycles. The molecule has 1 heterocycles. The van der Waals surface area contributed by atoms with Crippen molar-refractivity contribution >= 4 is 11.7 Å². The number of pyridine rings is 1. The Labute approximate surface area is 96.8 Å². The van der Waals surface area contributed by atoms with Gasteiger partial charge in [0.25, 0.3) is 5.69 Å². The summed E-state index contributed by atoms with van der Waals surface area (Å²) in [6.07, 6.45) is 1.28. The van der Waals surface area contributed by atoms with Gasteiger partial charge in [0.1, 0.15) is 5.69 Å². The molecular weight excluding hydrogens is 226 g/mol. The van der Waals surface area contributed by atoms with Crippen LogP contribution in [0.2, 0.25) is 0 Å². The maximum Gasteiger partial charge on any atom is 0.329 e. The highest BCUT2D eigenvalue weighted by Gasteiger charge is 2.30. The van der Waals surface area contributed by atoms with Crippen molar-refractivity contribution in [2.24, 2.45) is 0 Å². The SMILES string of the molecule is CCOC(=O)[C@@H](C#N)c1ncccc1[N+](=O)[O-]. The minimum Gasteiger partial charge on any atom is -0.465 e. The summed E-state index contributed by atoms with van der Waals surface area (Å²) < 4.78 is 4.66. The number of carbonyl (C=O) groups excluding carboxylic acids is 1. The minimum atomic E-state index is -1.38. The zero-order chi connectivity index (χ0) is 12.8. The number of hydrogen-bond acceptors (Lipinski definition) is 6. The second-order valence-electron chi connectivity index (χ2n) is 2.98. The molecule has 0 spiro atoms. The Morgan fingerprint density at radius 2 is 2.47 bits per heavy atom. The van der Waals surface area contributed by atoms with Crippen LogP contribution in [0.15, 0.2) is 18.3 Å². The molecule has 0 unspecified atom stereocenters. The van der Waals surface area contributed by atoms with Gasteiger partial charge in [0, 0.05) is 12.3 Å². The Balaban J connectivity index is 3.17. The van der Waals surface area contributed by atoms with E-state index in [2.05, 4.69) is 9.72 Å². The van der Waals surface area contributed by atoms with Gasteiger partial charge in [0.05, 0.1) is 17.6 Å². The van der Waals surface area contributed by atoms with Gasteiger partial charge >= 0.3 is 5.97 Å². The first-order valence-electron chi connectivity index (χ1n) is 4.77. The molecule has 0 saturated carbocycles. The van der Waals surface area contributed by atoms with E-state index in [9.17, 15) is 14.9 Å². The molecule has 0 aromatic carbocycles. The molecule has 7 nitrogen and oxygen atoms in total. The second-order valence-corrected chi connectivity index (χ2v) is 2.98. The largest absolute Gasteiger partial charge is 0.465 e. The molecule has 0 fully saturated rings. The van der Waals surface area contributed by atoms with Gasteiger partial charge in [-0.05, 0) is 13.0 Å². The van der Waals surface area contributed by atoms with Crippen LogP contribution in [0.25, 0.3) is 0 Å². The third-order valence-corrected chi connectivity index (χ3v) is 1.94. The fourth-order valence-corrected chi connectivity index (χ4v) is 1.24. The second kappa shape index (κ2) is 5.55. The van der Waals surface area contributed by atoms with Gasteiger partial charge in [0.2, 0.25) is 0 Å². The molecule has 0 radical (unpaired) electrons. The van der Waals surface area contributed by atoms with E-state index in [1.165, 1.54) is 18.3 Å². The number of hydrogen-bond donors (Lipinski definition) is 0. The number of rotatable bonds is 4. The maximum absolute atomic E-state index is 11.4. The van der Waals surface area contributed by atoms with Gasteiger partial charge < -0.3 is 4.74 Å². The number of nitriles is 1. The molecule has 88 valence electrons. The van der Waals surface area contributed by atoms with E-state index in [0.29, 0.717) is 0 Å². The Hall–Kier alpha value is -2.49. The van der Waals surface area contributed by atoms with Crippen molar-refractivity contribution in [2.75, 3.05) is 6.61 Å². The van der Waals surface area contributed by atoms with Gasteiger partial charge in [-0.3, -0.25) is 19.9 Å². The number of aromatic nitrogens is 1. The predicted molar refractivity (Wildman–Crippen MR) is 55.9 cm³/mol. The maximum atomic E-state index is 11.4. The van der Waals surface area contributed by atoms with E-state index in [0.717, 1.165) is 0 Å². The normalized spacial score (nSPS) is 11.3. The van der Waals surface area contributed by atoms with Crippen molar-refractivity contribution in [3.8, 4) is 6.07 Å². The van der Waals surface area contributed by atoms with E-state index in [-0.39, 0.29) is 18.0 Å². The Kier molecular flexibility index (Phi) is 4.11. The summed E-state index contributed by atoms with van der Waals surface area (Å²) in [5, 5.41) is 19.6. The smallest absolute Gasteiger partial charge is 0.329 e. The average Bonchev–Trinajstić information content (AvgIpc) is 2.31. The molecule has 0 saturated heterocycles. The summed E-state index contributed by atoms with van der Waals surface area (Å²) in [6, 6.07) is 4.21. The lowest BCUT2D eigenvalue weighted by Crippen LogP contribution is -2.17. The number of esters is 1. The van der Waals surface area contributed by atoms with Crippen LogP contribution >= 0.6 is 0 Å². The zero-order valence-electron chi connectivity index (χ0n) is 8.99. The van der Waals surface area contributed by atoms with Crippen molar-refractivity contribution in [1.82, 2.24) is 4.98 Å². The third-order valence-electron chi connectivity index (χ3n) is 1.94. The molecule has 1 atom stereocenters. The average molecular weight is 235 g/mol.